The molecule has 0 spiro atoms. The van der Waals surface area contributed by atoms with Crippen LogP contribution in [0.15, 0.2) is 48.8 Å². The van der Waals surface area contributed by atoms with Crippen molar-refractivity contribution in [3.63, 3.8) is 0 Å². The van der Waals surface area contributed by atoms with E-state index in [0.717, 1.165) is 33.3 Å². The summed E-state index contributed by atoms with van der Waals surface area (Å²) in [4.78, 5) is 18.7. The lowest BCUT2D eigenvalue weighted by molar-refractivity contribution is 0.0696. The molecule has 0 saturated carbocycles. The molecule has 0 radical (unpaired) electrons. The summed E-state index contributed by atoms with van der Waals surface area (Å²) in [6.45, 7) is 0. The lowest BCUT2D eigenvalue weighted by Gasteiger charge is -2.12. The summed E-state index contributed by atoms with van der Waals surface area (Å²) in [6, 6.07) is 7.83. The van der Waals surface area contributed by atoms with E-state index in [1.807, 2.05) is 36.6 Å². The number of hydrogen-bond acceptors (Lipinski definition) is 2. The Morgan fingerprint density at radius 2 is 1.91 bits per heavy atom. The lowest BCUT2D eigenvalue weighted by atomic mass is 9.95. The highest BCUT2D eigenvalue weighted by molar-refractivity contribution is 5.94. The van der Waals surface area contributed by atoms with Crippen LogP contribution in [0.3, 0.4) is 0 Å². The third kappa shape index (κ3) is 1.93. The van der Waals surface area contributed by atoms with E-state index in [4.69, 9.17) is 5.11 Å². The maximum absolute atomic E-state index is 11.1. The molecule has 4 rings (SSSR count). The molecule has 2 heterocycles. The summed E-state index contributed by atoms with van der Waals surface area (Å²) in [5.41, 5.74) is 4.91. The van der Waals surface area contributed by atoms with Crippen LogP contribution in [0.25, 0.3) is 34.3 Å². The molecule has 0 fully saturated rings. The molecule has 1 aliphatic rings. The van der Waals surface area contributed by atoms with Gasteiger partial charge in [-0.05, 0) is 29.8 Å². The number of rotatable bonds is 1. The summed E-state index contributed by atoms with van der Waals surface area (Å²) in [5.74, 6) is -0.970. The summed E-state index contributed by atoms with van der Waals surface area (Å²) in [7, 11) is 0. The van der Waals surface area contributed by atoms with Gasteiger partial charge in [0, 0.05) is 34.4 Å². The molecule has 4 heteroatoms. The second-order valence-corrected chi connectivity index (χ2v) is 5.19. The maximum atomic E-state index is 11.1. The van der Waals surface area contributed by atoms with Gasteiger partial charge in [-0.2, -0.15) is 0 Å². The van der Waals surface area contributed by atoms with Crippen LogP contribution in [0, 0.1) is 0 Å². The number of benzene rings is 1. The zero-order valence-corrected chi connectivity index (χ0v) is 11.6. The summed E-state index contributed by atoms with van der Waals surface area (Å²) in [5, 5.41) is 10.2. The number of carbonyl (C=O) groups is 1. The lowest BCUT2D eigenvalue weighted by Crippen LogP contribution is -2.00. The van der Waals surface area contributed by atoms with Gasteiger partial charge in [-0.15, -0.1) is 0 Å². The molecule has 1 aromatic carbocycles. The van der Waals surface area contributed by atoms with E-state index in [2.05, 4.69) is 22.1 Å². The Hall–Kier alpha value is -3.14. The number of hydrogen-bond donors (Lipinski definition) is 2. The quantitative estimate of drug-likeness (QED) is 0.712. The Balaban J connectivity index is 2.03. The van der Waals surface area contributed by atoms with Crippen molar-refractivity contribution in [2.45, 2.75) is 0 Å². The molecule has 0 unspecified atom stereocenters. The van der Waals surface area contributed by atoms with Gasteiger partial charge in [0.15, 0.2) is 0 Å². The van der Waals surface area contributed by atoms with Gasteiger partial charge in [-0.3, -0.25) is 4.98 Å². The van der Waals surface area contributed by atoms with E-state index in [1.165, 1.54) is 6.20 Å². The van der Waals surface area contributed by atoms with Gasteiger partial charge in [-0.1, -0.05) is 24.3 Å². The zero-order chi connectivity index (χ0) is 15.1. The molecule has 4 nitrogen and oxygen atoms in total. The number of pyridine rings is 1. The first kappa shape index (κ1) is 12.6. The molecule has 2 aromatic heterocycles. The molecule has 106 valence electrons. The Bertz CT molecular complexity index is 964. The van der Waals surface area contributed by atoms with E-state index in [-0.39, 0.29) is 5.56 Å². The highest BCUT2D eigenvalue weighted by Gasteiger charge is 2.14. The standard InChI is InChI=1S/C18H12N2O2/c21-18(22)14-7-13-4-2-1-3-11-9-16-12(5-6-19-16)8-15(11)17(13)20-10-14/h1-10,19H,(H,21,22). The van der Waals surface area contributed by atoms with Crippen molar-refractivity contribution in [2.24, 2.45) is 0 Å². The van der Waals surface area contributed by atoms with Gasteiger partial charge in [0.1, 0.15) is 0 Å². The van der Waals surface area contributed by atoms with Crippen molar-refractivity contribution < 1.29 is 9.90 Å². The van der Waals surface area contributed by atoms with Crippen molar-refractivity contribution in [3.8, 4) is 11.3 Å². The fourth-order valence-electron chi connectivity index (χ4n) is 2.73. The predicted molar refractivity (Wildman–Crippen MR) is 86.6 cm³/mol. The van der Waals surface area contributed by atoms with Crippen molar-refractivity contribution in [1.29, 1.82) is 0 Å². The van der Waals surface area contributed by atoms with Crippen LogP contribution in [0.5, 0.6) is 0 Å². The van der Waals surface area contributed by atoms with Crippen LogP contribution in [-0.4, -0.2) is 21.0 Å². The van der Waals surface area contributed by atoms with Crippen LogP contribution in [0.1, 0.15) is 21.5 Å². The van der Waals surface area contributed by atoms with Crippen LogP contribution < -0.4 is 0 Å². The third-order valence-electron chi connectivity index (χ3n) is 3.81. The molecule has 0 bridgehead atoms. The molecule has 0 atom stereocenters. The fraction of sp³-hybridized carbons (Fsp3) is 0. The number of aromatic carboxylic acids is 1. The number of nitrogens with zero attached hydrogens (tertiary/aromatic N) is 1. The minimum Gasteiger partial charge on any atom is -0.478 e. The largest absolute Gasteiger partial charge is 0.478 e. The third-order valence-corrected chi connectivity index (χ3v) is 3.81. The van der Waals surface area contributed by atoms with Gasteiger partial charge >= 0.3 is 5.97 Å². The number of fused-ring (bicyclic) bond motifs is 4. The minimum atomic E-state index is -0.970. The molecule has 2 N–H and O–H groups in total. The van der Waals surface area contributed by atoms with E-state index >= 15 is 0 Å². The topological polar surface area (TPSA) is 66.0 Å². The number of carboxylic acid groups (broad SMARTS) is 1. The molecular formula is C18H12N2O2. The average Bonchev–Trinajstić information content (AvgIpc) is 2.95. The number of aromatic amines is 1. The number of carboxylic acids is 1. The molecule has 0 aliphatic heterocycles. The van der Waals surface area contributed by atoms with E-state index in [1.54, 1.807) is 6.07 Å². The fourth-order valence-corrected chi connectivity index (χ4v) is 2.73. The SMILES string of the molecule is O=C(O)c1cnc2c(c1)C=CC=Cc1cc3[nH]ccc3cc1-2. The number of H-pyrrole nitrogens is 1. The summed E-state index contributed by atoms with van der Waals surface area (Å²) < 4.78 is 0. The van der Waals surface area contributed by atoms with E-state index in [0.29, 0.717) is 0 Å². The van der Waals surface area contributed by atoms with Crippen molar-refractivity contribution in [2.75, 3.05) is 0 Å². The van der Waals surface area contributed by atoms with Crippen LogP contribution in [0.4, 0.5) is 0 Å². The average molecular weight is 288 g/mol. The predicted octanol–water partition coefficient (Wildman–Crippen LogP) is 3.97. The zero-order valence-electron chi connectivity index (χ0n) is 11.6. The van der Waals surface area contributed by atoms with Gasteiger partial charge in [0.05, 0.1) is 11.3 Å². The molecule has 22 heavy (non-hydrogen) atoms. The van der Waals surface area contributed by atoms with Gasteiger partial charge in [0.2, 0.25) is 0 Å². The molecular weight excluding hydrogens is 276 g/mol. The van der Waals surface area contributed by atoms with Gasteiger partial charge in [-0.25, -0.2) is 4.79 Å². The van der Waals surface area contributed by atoms with Crippen LogP contribution in [0.2, 0.25) is 0 Å². The number of nitrogens with one attached hydrogen (secondary N) is 1. The van der Waals surface area contributed by atoms with Crippen molar-refractivity contribution in [1.82, 2.24) is 9.97 Å². The smallest absolute Gasteiger partial charge is 0.337 e. The van der Waals surface area contributed by atoms with Gasteiger partial charge in [0.25, 0.3) is 0 Å². The van der Waals surface area contributed by atoms with E-state index < -0.39 is 5.97 Å². The van der Waals surface area contributed by atoms with Crippen molar-refractivity contribution in [3.05, 3.63) is 65.5 Å². The second-order valence-electron chi connectivity index (χ2n) is 5.19. The van der Waals surface area contributed by atoms with Crippen LogP contribution in [-0.2, 0) is 0 Å². The Morgan fingerprint density at radius 1 is 1.09 bits per heavy atom. The summed E-state index contributed by atoms with van der Waals surface area (Å²) in [6.07, 6.45) is 11.1. The number of aromatic nitrogens is 2. The maximum Gasteiger partial charge on any atom is 0.337 e. The van der Waals surface area contributed by atoms with E-state index in [9.17, 15) is 4.79 Å². The first-order valence-corrected chi connectivity index (χ1v) is 6.92. The summed E-state index contributed by atoms with van der Waals surface area (Å²) >= 11 is 0. The molecule has 0 amide bonds. The molecule has 1 aliphatic carbocycles. The van der Waals surface area contributed by atoms with Gasteiger partial charge < -0.3 is 10.1 Å². The van der Waals surface area contributed by atoms with Crippen molar-refractivity contribution >= 4 is 29.0 Å². The first-order chi connectivity index (χ1) is 10.7. The normalized spacial score (nSPS) is 12.5. The molecule has 3 aromatic rings. The Labute approximate surface area is 126 Å². The monoisotopic (exact) mass is 288 g/mol. The minimum absolute atomic E-state index is 0.192. The van der Waals surface area contributed by atoms with Crippen LogP contribution >= 0.6 is 0 Å². The Morgan fingerprint density at radius 3 is 2.73 bits per heavy atom. The second kappa shape index (κ2) is 4.70. The number of allylic oxidation sites excluding steroid dienone is 2. The Kier molecular flexibility index (Phi) is 2.69. The first-order valence-electron chi connectivity index (χ1n) is 6.92. The highest BCUT2D eigenvalue weighted by Crippen LogP contribution is 2.32. The molecule has 0 saturated heterocycles. The highest BCUT2D eigenvalue weighted by atomic mass is 16.4.